The molecule has 0 aromatic carbocycles. The standard InChI is InChI=1S/C9H12ClF3N2S/c10-8-2-1-7(16-8)5-6(15-14)3-4-9(11,12)13/h1-2,6,15H,3-5,14H2. The van der Waals surface area contributed by atoms with Crippen LogP contribution in [0.15, 0.2) is 12.1 Å². The normalized spacial score (nSPS) is 14.1. The molecule has 0 aliphatic carbocycles. The Balaban J connectivity index is 2.43. The molecule has 92 valence electrons. The average molecular weight is 273 g/mol. The predicted octanol–water partition coefficient (Wildman–Crippen LogP) is 3.12. The van der Waals surface area contributed by atoms with E-state index < -0.39 is 12.6 Å². The molecule has 0 aliphatic rings. The third-order valence-electron chi connectivity index (χ3n) is 2.09. The van der Waals surface area contributed by atoms with E-state index in [4.69, 9.17) is 17.4 Å². The van der Waals surface area contributed by atoms with Gasteiger partial charge in [-0.05, 0) is 25.0 Å². The van der Waals surface area contributed by atoms with Crippen LogP contribution in [-0.4, -0.2) is 12.2 Å². The summed E-state index contributed by atoms with van der Waals surface area (Å²) in [5.41, 5.74) is 2.40. The van der Waals surface area contributed by atoms with Crippen molar-refractivity contribution in [3.63, 3.8) is 0 Å². The van der Waals surface area contributed by atoms with Crippen LogP contribution in [0.25, 0.3) is 0 Å². The van der Waals surface area contributed by atoms with Gasteiger partial charge in [-0.1, -0.05) is 11.6 Å². The number of nitrogens with one attached hydrogen (secondary N) is 1. The van der Waals surface area contributed by atoms with Gasteiger partial charge in [0.05, 0.1) is 4.34 Å². The molecule has 1 atom stereocenters. The second-order valence-corrected chi connectivity index (χ2v) is 5.23. The van der Waals surface area contributed by atoms with Gasteiger partial charge in [-0.2, -0.15) is 13.2 Å². The van der Waals surface area contributed by atoms with Crippen molar-refractivity contribution in [3.05, 3.63) is 21.3 Å². The number of rotatable bonds is 5. The second-order valence-electron chi connectivity index (χ2n) is 3.43. The SMILES string of the molecule is NNC(CCC(F)(F)F)Cc1ccc(Cl)s1. The maximum absolute atomic E-state index is 12.0. The lowest BCUT2D eigenvalue weighted by Gasteiger charge is -2.15. The van der Waals surface area contributed by atoms with Gasteiger partial charge in [-0.25, -0.2) is 0 Å². The molecule has 7 heteroatoms. The molecule has 0 bridgehead atoms. The molecule has 1 aromatic rings. The Hall–Kier alpha value is -0.300. The van der Waals surface area contributed by atoms with Crippen molar-refractivity contribution in [1.29, 1.82) is 0 Å². The highest BCUT2D eigenvalue weighted by Crippen LogP contribution is 2.26. The molecule has 2 nitrogen and oxygen atoms in total. The van der Waals surface area contributed by atoms with E-state index in [9.17, 15) is 13.2 Å². The number of alkyl halides is 3. The number of halogens is 4. The summed E-state index contributed by atoms with van der Waals surface area (Å²) in [6.07, 6.45) is -4.54. The Morgan fingerprint density at radius 3 is 2.56 bits per heavy atom. The first-order chi connectivity index (χ1) is 7.40. The topological polar surface area (TPSA) is 38.0 Å². The van der Waals surface area contributed by atoms with Crippen molar-refractivity contribution >= 4 is 22.9 Å². The number of thiophene rings is 1. The lowest BCUT2D eigenvalue weighted by molar-refractivity contribution is -0.136. The summed E-state index contributed by atoms with van der Waals surface area (Å²) < 4.78 is 36.7. The highest BCUT2D eigenvalue weighted by atomic mass is 35.5. The van der Waals surface area contributed by atoms with Crippen LogP contribution >= 0.6 is 22.9 Å². The zero-order valence-corrected chi connectivity index (χ0v) is 9.92. The van der Waals surface area contributed by atoms with Crippen LogP contribution in [0, 0.1) is 0 Å². The number of hydrogen-bond donors (Lipinski definition) is 2. The highest BCUT2D eigenvalue weighted by Gasteiger charge is 2.28. The van der Waals surface area contributed by atoms with Crippen molar-refractivity contribution in [1.82, 2.24) is 5.43 Å². The molecule has 1 rings (SSSR count). The molecule has 0 aliphatic heterocycles. The van der Waals surface area contributed by atoms with Gasteiger partial charge in [0.15, 0.2) is 0 Å². The summed E-state index contributed by atoms with van der Waals surface area (Å²) in [6.45, 7) is 0. The lowest BCUT2D eigenvalue weighted by atomic mass is 10.1. The Labute approximate surface area is 101 Å². The highest BCUT2D eigenvalue weighted by molar-refractivity contribution is 7.16. The predicted molar refractivity (Wildman–Crippen MR) is 59.4 cm³/mol. The third-order valence-corrected chi connectivity index (χ3v) is 3.34. The molecule has 1 unspecified atom stereocenters. The first-order valence-electron chi connectivity index (χ1n) is 4.68. The zero-order chi connectivity index (χ0) is 12.2. The van der Waals surface area contributed by atoms with Crippen LogP contribution in [0.2, 0.25) is 4.34 Å². The van der Waals surface area contributed by atoms with Crippen molar-refractivity contribution in [3.8, 4) is 0 Å². The van der Waals surface area contributed by atoms with E-state index in [2.05, 4.69) is 5.43 Å². The number of hydrazine groups is 1. The fourth-order valence-corrected chi connectivity index (χ4v) is 2.45. The summed E-state index contributed by atoms with van der Waals surface area (Å²) >= 11 is 7.08. The van der Waals surface area contributed by atoms with E-state index in [1.807, 2.05) is 0 Å². The van der Waals surface area contributed by atoms with E-state index in [0.717, 1.165) is 4.88 Å². The quantitative estimate of drug-likeness (QED) is 0.638. The first-order valence-corrected chi connectivity index (χ1v) is 5.87. The van der Waals surface area contributed by atoms with Gasteiger partial charge in [-0.3, -0.25) is 11.3 Å². The van der Waals surface area contributed by atoms with Crippen LogP contribution < -0.4 is 11.3 Å². The van der Waals surface area contributed by atoms with E-state index in [-0.39, 0.29) is 12.5 Å². The van der Waals surface area contributed by atoms with Gasteiger partial charge in [0, 0.05) is 17.3 Å². The maximum atomic E-state index is 12.0. The largest absolute Gasteiger partial charge is 0.389 e. The Kier molecular flexibility index (Phi) is 5.04. The monoisotopic (exact) mass is 272 g/mol. The van der Waals surface area contributed by atoms with Crippen molar-refractivity contribution in [2.75, 3.05) is 0 Å². The van der Waals surface area contributed by atoms with Crippen molar-refractivity contribution < 1.29 is 13.2 Å². The Bertz CT molecular complexity index is 327. The zero-order valence-electron chi connectivity index (χ0n) is 8.35. The smallest absolute Gasteiger partial charge is 0.271 e. The number of hydrogen-bond acceptors (Lipinski definition) is 3. The summed E-state index contributed by atoms with van der Waals surface area (Å²) in [5.74, 6) is 5.21. The van der Waals surface area contributed by atoms with Gasteiger partial charge < -0.3 is 0 Å². The summed E-state index contributed by atoms with van der Waals surface area (Å²) in [4.78, 5) is 0.926. The van der Waals surface area contributed by atoms with Crippen LogP contribution in [-0.2, 0) is 6.42 Å². The van der Waals surface area contributed by atoms with E-state index >= 15 is 0 Å². The molecule has 16 heavy (non-hydrogen) atoms. The fraction of sp³-hybridized carbons (Fsp3) is 0.556. The van der Waals surface area contributed by atoms with Gasteiger partial charge in [0.1, 0.15) is 0 Å². The van der Waals surface area contributed by atoms with Crippen LogP contribution in [0.3, 0.4) is 0 Å². The van der Waals surface area contributed by atoms with Gasteiger partial charge in [0.2, 0.25) is 0 Å². The molecule has 0 saturated heterocycles. The molecular weight excluding hydrogens is 261 g/mol. The molecule has 1 heterocycles. The molecule has 0 fully saturated rings. The molecular formula is C9H12ClF3N2S. The Morgan fingerprint density at radius 2 is 2.12 bits per heavy atom. The number of nitrogens with two attached hydrogens (primary N) is 1. The van der Waals surface area contributed by atoms with Crippen LogP contribution in [0.1, 0.15) is 17.7 Å². The first kappa shape index (κ1) is 13.8. The molecule has 0 radical (unpaired) electrons. The fourth-order valence-electron chi connectivity index (χ4n) is 1.29. The van der Waals surface area contributed by atoms with Crippen LogP contribution in [0.4, 0.5) is 13.2 Å². The lowest BCUT2D eigenvalue weighted by Crippen LogP contribution is -2.37. The minimum absolute atomic E-state index is 0.0322. The Morgan fingerprint density at radius 1 is 1.44 bits per heavy atom. The van der Waals surface area contributed by atoms with Crippen molar-refractivity contribution in [2.24, 2.45) is 5.84 Å². The third kappa shape index (κ3) is 5.16. The summed E-state index contributed by atoms with van der Waals surface area (Å²) in [5, 5.41) is 0. The summed E-state index contributed by atoms with van der Waals surface area (Å²) in [7, 11) is 0. The second kappa shape index (κ2) is 5.86. The van der Waals surface area contributed by atoms with Gasteiger partial charge >= 0.3 is 6.18 Å². The molecule has 3 N–H and O–H groups in total. The van der Waals surface area contributed by atoms with E-state index in [1.54, 1.807) is 12.1 Å². The van der Waals surface area contributed by atoms with Crippen molar-refractivity contribution in [2.45, 2.75) is 31.5 Å². The minimum atomic E-state index is -4.14. The van der Waals surface area contributed by atoms with E-state index in [1.165, 1.54) is 11.3 Å². The molecule has 0 saturated carbocycles. The minimum Gasteiger partial charge on any atom is -0.271 e. The van der Waals surface area contributed by atoms with Gasteiger partial charge in [0.25, 0.3) is 0 Å². The molecule has 0 amide bonds. The van der Waals surface area contributed by atoms with E-state index in [0.29, 0.717) is 10.8 Å². The molecule has 1 aromatic heterocycles. The maximum Gasteiger partial charge on any atom is 0.389 e. The average Bonchev–Trinajstić information content (AvgIpc) is 2.57. The van der Waals surface area contributed by atoms with Gasteiger partial charge in [-0.15, -0.1) is 11.3 Å². The summed E-state index contributed by atoms with van der Waals surface area (Å²) in [6, 6.07) is 3.14. The van der Waals surface area contributed by atoms with Crippen LogP contribution in [0.5, 0.6) is 0 Å². The molecule has 0 spiro atoms.